The third-order valence-electron chi connectivity index (χ3n) is 10.9. The van der Waals surface area contributed by atoms with Gasteiger partial charge in [0.05, 0.1) is 69.4 Å². The molecule has 3 aromatic carbocycles. The van der Waals surface area contributed by atoms with E-state index in [1.807, 2.05) is 18.2 Å². The quantitative estimate of drug-likeness (QED) is 0.0828. The minimum absolute atomic E-state index is 0.115. The zero-order chi connectivity index (χ0) is 40.7. The minimum atomic E-state index is -0.246. The number of esters is 2. The van der Waals surface area contributed by atoms with E-state index in [4.69, 9.17) is 42.6 Å². The zero-order valence-corrected chi connectivity index (χ0v) is 34.7. The molecule has 5 rings (SSSR count). The van der Waals surface area contributed by atoms with E-state index in [1.165, 1.54) is 11.1 Å². The van der Waals surface area contributed by atoms with Crippen molar-refractivity contribution >= 4 is 11.9 Å². The van der Waals surface area contributed by atoms with Crippen molar-refractivity contribution in [3.05, 3.63) is 64.2 Å². The standard InChI is InChI=1S/C44H60N2O11/c1-49-36-14-13-30(25-37(36)50-2)24-35-33-28-39(52-4)38(51-3)26-31(33)16-21-46(35)18-9-11-23-56-41(47)12-8-10-22-57-42(48)17-20-45-19-15-32-27-40(53-5)44(55-7)43(54-6)34(32)29-45/h13-14,25-28,35H,8-12,15-24,29H2,1-7H3/t35-/m1/s1. The molecule has 312 valence electrons. The lowest BCUT2D eigenvalue weighted by molar-refractivity contribution is -0.144. The fourth-order valence-electron chi connectivity index (χ4n) is 7.81. The summed E-state index contributed by atoms with van der Waals surface area (Å²) < 4.78 is 50.1. The Morgan fingerprint density at radius 3 is 1.89 bits per heavy atom. The molecule has 57 heavy (non-hydrogen) atoms. The van der Waals surface area contributed by atoms with Crippen molar-refractivity contribution in [1.29, 1.82) is 0 Å². The first kappa shape index (κ1) is 43.2. The third-order valence-corrected chi connectivity index (χ3v) is 10.9. The fraction of sp³-hybridized carbons (Fsp3) is 0.545. The summed E-state index contributed by atoms with van der Waals surface area (Å²) in [5, 5.41) is 0. The molecule has 1 atom stereocenters. The Balaban J connectivity index is 1.00. The van der Waals surface area contributed by atoms with Gasteiger partial charge < -0.3 is 42.6 Å². The number of methoxy groups -OCH3 is 7. The molecule has 13 nitrogen and oxygen atoms in total. The van der Waals surface area contributed by atoms with Crippen LogP contribution >= 0.6 is 0 Å². The van der Waals surface area contributed by atoms with Crippen LogP contribution in [0, 0.1) is 0 Å². The van der Waals surface area contributed by atoms with E-state index in [9.17, 15) is 9.59 Å². The first-order chi connectivity index (χ1) is 27.8. The van der Waals surface area contributed by atoms with Crippen LogP contribution in [0.25, 0.3) is 0 Å². The Hall–Kier alpha value is -4.88. The van der Waals surface area contributed by atoms with Crippen molar-refractivity contribution < 1.29 is 52.2 Å². The van der Waals surface area contributed by atoms with E-state index in [0.717, 1.165) is 74.2 Å². The van der Waals surface area contributed by atoms with Gasteiger partial charge in [-0.15, -0.1) is 0 Å². The molecule has 0 aliphatic carbocycles. The monoisotopic (exact) mass is 792 g/mol. The van der Waals surface area contributed by atoms with E-state index in [-0.39, 0.29) is 31.0 Å². The SMILES string of the molecule is COc1ccc(C[C@@H]2c3cc(OC)c(OC)cc3CCN2CCCCOC(=O)CCCCOC(=O)CCN2CCc3cc(OC)c(OC)c(OC)c3C2)cc1OC. The lowest BCUT2D eigenvalue weighted by Crippen LogP contribution is -2.37. The summed E-state index contributed by atoms with van der Waals surface area (Å²) in [6.45, 7) is 4.46. The normalized spacial score (nSPS) is 15.2. The second kappa shape index (κ2) is 21.6. The van der Waals surface area contributed by atoms with Crippen molar-refractivity contribution in [3.63, 3.8) is 0 Å². The summed E-state index contributed by atoms with van der Waals surface area (Å²) in [6.07, 6.45) is 5.93. The molecule has 2 aliphatic heterocycles. The van der Waals surface area contributed by atoms with Crippen LogP contribution in [0.2, 0.25) is 0 Å². The summed E-state index contributed by atoms with van der Waals surface area (Å²) in [5.41, 5.74) is 5.83. The van der Waals surface area contributed by atoms with Gasteiger partial charge in [-0.05, 0) is 104 Å². The topological polar surface area (TPSA) is 124 Å². The maximum atomic E-state index is 12.5. The van der Waals surface area contributed by atoms with Gasteiger partial charge >= 0.3 is 11.9 Å². The fourth-order valence-corrected chi connectivity index (χ4v) is 7.81. The number of carbonyl (C=O) groups excluding carboxylic acids is 2. The molecule has 0 amide bonds. The molecule has 0 bridgehead atoms. The number of carbonyl (C=O) groups is 2. The highest BCUT2D eigenvalue weighted by molar-refractivity contribution is 5.70. The second-order valence-corrected chi connectivity index (χ2v) is 14.3. The molecule has 3 aromatic rings. The molecular formula is C44H60N2O11. The molecule has 13 heteroatoms. The van der Waals surface area contributed by atoms with Crippen LogP contribution in [-0.2, 0) is 44.9 Å². The molecule has 0 unspecified atom stereocenters. The second-order valence-electron chi connectivity index (χ2n) is 14.3. The molecule has 0 N–H and O–H groups in total. The van der Waals surface area contributed by atoms with Crippen LogP contribution < -0.4 is 33.2 Å². The molecule has 0 fully saturated rings. The van der Waals surface area contributed by atoms with Gasteiger partial charge in [0.2, 0.25) is 5.75 Å². The Morgan fingerprint density at radius 1 is 0.596 bits per heavy atom. The van der Waals surface area contributed by atoms with Gasteiger partial charge in [0.15, 0.2) is 34.5 Å². The highest BCUT2D eigenvalue weighted by atomic mass is 16.5. The largest absolute Gasteiger partial charge is 0.493 e. The molecule has 0 radical (unpaired) electrons. The predicted octanol–water partition coefficient (Wildman–Crippen LogP) is 6.37. The average molecular weight is 793 g/mol. The van der Waals surface area contributed by atoms with Crippen LogP contribution in [-0.4, -0.2) is 111 Å². The molecule has 0 aromatic heterocycles. The predicted molar refractivity (Wildman–Crippen MR) is 216 cm³/mol. The zero-order valence-electron chi connectivity index (χ0n) is 34.7. The van der Waals surface area contributed by atoms with Crippen molar-refractivity contribution in [2.75, 3.05) is 89.2 Å². The summed E-state index contributed by atoms with van der Waals surface area (Å²) in [7, 11) is 11.5. The first-order valence-corrected chi connectivity index (χ1v) is 19.8. The van der Waals surface area contributed by atoms with E-state index in [2.05, 4.69) is 28.0 Å². The van der Waals surface area contributed by atoms with Gasteiger partial charge in [-0.2, -0.15) is 0 Å². The number of nitrogens with zero attached hydrogens (tertiary/aromatic N) is 2. The van der Waals surface area contributed by atoms with Gasteiger partial charge in [-0.3, -0.25) is 19.4 Å². The lowest BCUT2D eigenvalue weighted by atomic mass is 9.88. The van der Waals surface area contributed by atoms with Gasteiger partial charge in [0, 0.05) is 44.2 Å². The Kier molecular flexibility index (Phi) is 16.4. The summed E-state index contributed by atoms with van der Waals surface area (Å²) in [5.74, 6) is 4.27. The number of hydrogen-bond acceptors (Lipinski definition) is 13. The molecule has 2 heterocycles. The van der Waals surface area contributed by atoms with Crippen LogP contribution in [0.15, 0.2) is 36.4 Å². The molecular weight excluding hydrogens is 732 g/mol. The number of rotatable bonds is 22. The van der Waals surface area contributed by atoms with E-state index in [1.54, 1.807) is 49.8 Å². The Bertz CT molecular complexity index is 1800. The highest BCUT2D eigenvalue weighted by Gasteiger charge is 2.30. The number of hydrogen-bond donors (Lipinski definition) is 0. The van der Waals surface area contributed by atoms with Crippen molar-refractivity contribution in [3.8, 4) is 40.2 Å². The van der Waals surface area contributed by atoms with Gasteiger partial charge in [0.1, 0.15) is 0 Å². The minimum Gasteiger partial charge on any atom is -0.493 e. The molecule has 0 saturated heterocycles. The van der Waals surface area contributed by atoms with Gasteiger partial charge in [-0.25, -0.2) is 0 Å². The van der Waals surface area contributed by atoms with Gasteiger partial charge in [-0.1, -0.05) is 6.07 Å². The Morgan fingerprint density at radius 2 is 1.21 bits per heavy atom. The highest BCUT2D eigenvalue weighted by Crippen LogP contribution is 2.44. The van der Waals surface area contributed by atoms with Crippen LogP contribution in [0.5, 0.6) is 40.2 Å². The van der Waals surface area contributed by atoms with Crippen molar-refractivity contribution in [2.24, 2.45) is 0 Å². The lowest BCUT2D eigenvalue weighted by Gasteiger charge is -2.38. The first-order valence-electron chi connectivity index (χ1n) is 19.8. The Labute approximate surface area is 337 Å². The molecule has 2 aliphatic rings. The summed E-state index contributed by atoms with van der Waals surface area (Å²) in [6, 6.07) is 12.4. The number of fused-ring (bicyclic) bond motifs is 2. The van der Waals surface area contributed by atoms with Crippen LogP contribution in [0.4, 0.5) is 0 Å². The maximum Gasteiger partial charge on any atom is 0.307 e. The molecule has 0 saturated carbocycles. The van der Waals surface area contributed by atoms with Crippen LogP contribution in [0.1, 0.15) is 72.4 Å². The van der Waals surface area contributed by atoms with Crippen molar-refractivity contribution in [2.45, 2.75) is 70.4 Å². The smallest absolute Gasteiger partial charge is 0.307 e. The van der Waals surface area contributed by atoms with Crippen molar-refractivity contribution in [1.82, 2.24) is 9.80 Å². The van der Waals surface area contributed by atoms with E-state index >= 15 is 0 Å². The molecule has 0 spiro atoms. The maximum absolute atomic E-state index is 12.5. The number of benzene rings is 3. The van der Waals surface area contributed by atoms with E-state index in [0.29, 0.717) is 73.5 Å². The summed E-state index contributed by atoms with van der Waals surface area (Å²) in [4.78, 5) is 29.7. The number of ether oxygens (including phenoxy) is 9. The van der Waals surface area contributed by atoms with E-state index < -0.39 is 0 Å². The van der Waals surface area contributed by atoms with Crippen LogP contribution in [0.3, 0.4) is 0 Å². The average Bonchev–Trinajstić information content (AvgIpc) is 3.24. The summed E-state index contributed by atoms with van der Waals surface area (Å²) >= 11 is 0. The van der Waals surface area contributed by atoms with Gasteiger partial charge in [0.25, 0.3) is 0 Å². The number of unbranched alkanes of at least 4 members (excludes halogenated alkanes) is 2. The third kappa shape index (κ3) is 11.2.